The number of carbonyl (C=O) groups excluding carboxylic acids is 11. The molecular formula is C76H111F5N12O14. The van der Waals surface area contributed by atoms with Gasteiger partial charge in [-0.15, -0.1) is 0 Å². The Morgan fingerprint density at radius 3 is 1.77 bits per heavy atom. The summed E-state index contributed by atoms with van der Waals surface area (Å²) in [5.74, 6) is -21.8. The van der Waals surface area contributed by atoms with E-state index in [4.69, 9.17) is 15.2 Å². The average Bonchev–Trinajstić information content (AvgIpc) is 1.50. The summed E-state index contributed by atoms with van der Waals surface area (Å²) in [6.45, 7) is 17.1. The lowest BCUT2D eigenvalue weighted by Crippen LogP contribution is -2.59. The second-order valence-electron chi connectivity index (χ2n) is 29.2. The van der Waals surface area contributed by atoms with E-state index >= 15 is 0 Å². The molecule has 0 unspecified atom stereocenters. The van der Waals surface area contributed by atoms with Crippen molar-refractivity contribution in [3.05, 3.63) is 94.8 Å². The molecule has 2 aliphatic heterocycles. The van der Waals surface area contributed by atoms with Gasteiger partial charge in [-0.3, -0.25) is 52.8 Å². The maximum atomic E-state index is 14.7. The van der Waals surface area contributed by atoms with E-state index in [1.807, 2.05) is 90.9 Å². The Hall–Kier alpha value is -8.84. The maximum absolute atomic E-state index is 14.7. The molecule has 2 heterocycles. The molecule has 5 rings (SSSR count). The monoisotopic (exact) mass is 1510 g/mol. The van der Waals surface area contributed by atoms with Gasteiger partial charge in [0.2, 0.25) is 88.0 Å². The van der Waals surface area contributed by atoms with Crippen molar-refractivity contribution in [1.82, 2.24) is 51.1 Å². The Balaban J connectivity index is 1.22. The summed E-state index contributed by atoms with van der Waals surface area (Å²) >= 11 is 0. The molecule has 11 amide bonds. The summed E-state index contributed by atoms with van der Waals surface area (Å²) in [5.41, 5.74) is 6.97. The van der Waals surface area contributed by atoms with Crippen molar-refractivity contribution in [2.24, 2.45) is 41.2 Å². The number of hydrogen-bond acceptors (Lipinski definition) is 15. The normalized spacial score (nSPS) is 16.8. The van der Waals surface area contributed by atoms with Gasteiger partial charge in [-0.2, -0.15) is 8.78 Å². The lowest BCUT2D eigenvalue weighted by molar-refractivity contribution is -0.148. The number of likely N-dealkylation sites (N-methyl/N-ethyl adjacent to an activating group) is 3. The van der Waals surface area contributed by atoms with Crippen LogP contribution in [-0.2, 0) is 70.4 Å². The number of nitrogens with two attached hydrogens (primary N) is 1. The molecule has 2 saturated heterocycles. The van der Waals surface area contributed by atoms with Crippen LogP contribution in [0, 0.1) is 64.6 Å². The zero-order valence-corrected chi connectivity index (χ0v) is 64.3. The lowest BCUT2D eigenvalue weighted by atomic mass is 9.89. The molecule has 11 atom stereocenters. The first-order chi connectivity index (χ1) is 50.5. The van der Waals surface area contributed by atoms with Crippen molar-refractivity contribution in [3.63, 3.8) is 0 Å². The molecule has 3 aromatic rings. The van der Waals surface area contributed by atoms with Crippen molar-refractivity contribution in [2.75, 3.05) is 73.9 Å². The molecule has 107 heavy (non-hydrogen) atoms. The Bertz CT molecular complexity index is 3500. The number of nitrogens with one attached hydrogen (secondary N) is 6. The number of anilines is 1. The van der Waals surface area contributed by atoms with Gasteiger partial charge in [-0.05, 0) is 106 Å². The van der Waals surface area contributed by atoms with Crippen LogP contribution < -0.4 is 42.4 Å². The number of rotatable bonds is 39. The summed E-state index contributed by atoms with van der Waals surface area (Å²) in [7, 11) is 9.92. The molecule has 594 valence electrons. The third-order valence-electron chi connectivity index (χ3n) is 20.1. The van der Waals surface area contributed by atoms with Crippen LogP contribution in [0.4, 0.5) is 32.4 Å². The predicted molar refractivity (Wildman–Crippen MR) is 389 cm³/mol. The highest BCUT2D eigenvalue weighted by Gasteiger charge is 2.45. The van der Waals surface area contributed by atoms with E-state index in [1.54, 1.807) is 68.9 Å². The van der Waals surface area contributed by atoms with Crippen LogP contribution in [0.5, 0.6) is 5.75 Å². The molecule has 0 bridgehead atoms. The number of hydrogen-bond donors (Lipinski definition) is 7. The fourth-order valence-electron chi connectivity index (χ4n) is 13.9. The smallest absolute Gasteiger partial charge is 0.314 e. The van der Waals surface area contributed by atoms with E-state index in [9.17, 15) is 74.7 Å². The third kappa shape index (κ3) is 24.9. The van der Waals surface area contributed by atoms with Crippen LogP contribution in [-0.4, -0.2) is 213 Å². The summed E-state index contributed by atoms with van der Waals surface area (Å²) in [5, 5.41) is 16.7. The van der Waals surface area contributed by atoms with E-state index in [1.165, 1.54) is 24.0 Å². The summed E-state index contributed by atoms with van der Waals surface area (Å²) in [6.07, 6.45) is 0.148. The summed E-state index contributed by atoms with van der Waals surface area (Å²) in [6, 6.07) is 9.16. The van der Waals surface area contributed by atoms with Crippen LogP contribution in [0.2, 0.25) is 0 Å². The number of benzene rings is 3. The van der Waals surface area contributed by atoms with Crippen LogP contribution in [0.3, 0.4) is 0 Å². The number of amides is 11. The van der Waals surface area contributed by atoms with Crippen LogP contribution in [0.15, 0.2) is 54.6 Å². The fourth-order valence-corrected chi connectivity index (χ4v) is 13.9. The van der Waals surface area contributed by atoms with E-state index in [0.717, 1.165) is 5.56 Å². The Morgan fingerprint density at radius 2 is 1.21 bits per heavy atom. The standard InChI is InChI=1S/C76H111F5N12O14/c1-16-45(8)66(91(13)74(102)64(43(4)5)88-72(100)65(44(6)7)89(10)11)54(105-14)40-57(96)93-36-22-26-53(93)67(106-15)46(9)69(97)86-52(39-47-23-18-17-19-24-47)73(101)90(12)41-48-27-29-50(30-28-48)84-70(98)51(25-20-21-35-83-76(82)104)85-71(99)63(42(2)3)87-55(94)31-32-56(95)92-37-33-49(34-38-92)75(103)107-68-61(80)59(78)58(77)60(79)62(68)81/h17-19,23-24,27-30,42-46,49,51-54,63-67H,16,20-22,25-26,31-41H2,1-15H3,(H,84,98)(H,85,99)(H,86,97)(H,87,94)(H,88,100)(H3,82,83,104)/t45-,46+,51-,52-,53-,54+,63-,64-,65-,66-,67+/m0/s1. The van der Waals surface area contributed by atoms with E-state index in [-0.39, 0.29) is 107 Å². The van der Waals surface area contributed by atoms with Gasteiger partial charge < -0.3 is 71.4 Å². The minimum absolute atomic E-state index is 0.0233. The van der Waals surface area contributed by atoms with Gasteiger partial charge in [0.25, 0.3) is 0 Å². The minimum atomic E-state index is -2.42. The molecule has 31 heteroatoms. The van der Waals surface area contributed by atoms with Gasteiger partial charge >= 0.3 is 12.0 Å². The quantitative estimate of drug-likeness (QED) is 0.00776. The van der Waals surface area contributed by atoms with Crippen LogP contribution in [0.25, 0.3) is 0 Å². The van der Waals surface area contributed by atoms with E-state index < -0.39 is 155 Å². The molecule has 0 radical (unpaired) electrons. The van der Waals surface area contributed by atoms with Crippen molar-refractivity contribution in [2.45, 2.75) is 200 Å². The first-order valence-corrected chi connectivity index (χ1v) is 36.7. The lowest BCUT2D eigenvalue weighted by Gasteiger charge is -2.41. The van der Waals surface area contributed by atoms with Gasteiger partial charge in [-0.1, -0.05) is 111 Å². The number of methoxy groups -OCH3 is 2. The molecule has 0 aromatic heterocycles. The Kier molecular flexibility index (Phi) is 34.9. The number of piperidine rings is 1. The Morgan fingerprint density at radius 1 is 0.617 bits per heavy atom. The number of likely N-dealkylation sites (tertiary alicyclic amines) is 2. The first kappa shape index (κ1) is 88.8. The second kappa shape index (κ2) is 42.1. The van der Waals surface area contributed by atoms with Gasteiger partial charge in [0.1, 0.15) is 24.2 Å². The summed E-state index contributed by atoms with van der Waals surface area (Å²) < 4.78 is 86.1. The van der Waals surface area contributed by atoms with Gasteiger partial charge in [0.05, 0.1) is 48.6 Å². The third-order valence-corrected chi connectivity index (χ3v) is 20.1. The zero-order valence-electron chi connectivity index (χ0n) is 64.3. The number of halogens is 5. The maximum Gasteiger partial charge on any atom is 0.314 e. The number of unbranched alkanes of at least 4 members (excludes halogenated alkanes) is 1. The largest absolute Gasteiger partial charge is 0.420 e. The second-order valence-corrected chi connectivity index (χ2v) is 29.2. The average molecular weight is 1510 g/mol. The number of urea groups is 1. The number of nitrogens with zero attached hydrogens (tertiary/aromatic N) is 5. The molecule has 2 fully saturated rings. The number of carbonyl (C=O) groups is 11. The zero-order chi connectivity index (χ0) is 79.8. The van der Waals surface area contributed by atoms with Crippen molar-refractivity contribution >= 4 is 70.9 Å². The molecule has 8 N–H and O–H groups in total. The highest BCUT2D eigenvalue weighted by Crippen LogP contribution is 2.33. The number of esters is 1. The Labute approximate surface area is 624 Å². The van der Waals surface area contributed by atoms with E-state index in [0.29, 0.717) is 49.9 Å². The molecule has 2 aliphatic rings. The predicted octanol–water partition coefficient (Wildman–Crippen LogP) is 6.74. The highest BCUT2D eigenvalue weighted by molar-refractivity contribution is 5.99. The van der Waals surface area contributed by atoms with Crippen LogP contribution in [0.1, 0.15) is 144 Å². The molecular weight excluding hydrogens is 1400 g/mol. The first-order valence-electron chi connectivity index (χ1n) is 36.7. The van der Waals surface area contributed by atoms with Crippen LogP contribution >= 0.6 is 0 Å². The summed E-state index contributed by atoms with van der Waals surface area (Å²) in [4.78, 5) is 159. The highest BCUT2D eigenvalue weighted by atomic mass is 19.2. The number of primary amides is 1. The molecule has 0 aliphatic carbocycles. The van der Waals surface area contributed by atoms with Gasteiger partial charge in [0, 0.05) is 86.0 Å². The van der Waals surface area contributed by atoms with Gasteiger partial charge in [-0.25, -0.2) is 18.0 Å². The molecule has 0 saturated carbocycles. The van der Waals surface area contributed by atoms with Crippen molar-refractivity contribution in [1.29, 1.82) is 0 Å². The fraction of sp³-hybridized carbons (Fsp3) is 0.618. The van der Waals surface area contributed by atoms with Crippen molar-refractivity contribution < 1.29 is 88.9 Å². The van der Waals surface area contributed by atoms with Crippen molar-refractivity contribution in [3.8, 4) is 5.75 Å². The molecule has 3 aromatic carbocycles. The van der Waals surface area contributed by atoms with Gasteiger partial charge in [0.15, 0.2) is 0 Å². The topological polar surface area (TPSA) is 330 Å². The molecule has 26 nitrogen and oxygen atoms in total. The number of ether oxygens (including phenoxy) is 3. The minimum Gasteiger partial charge on any atom is -0.420 e. The van der Waals surface area contributed by atoms with E-state index in [2.05, 4.69) is 36.6 Å². The SMILES string of the molecule is CC[C@H](C)[C@@H]([C@@H](CC(=O)N1CCC[C@H]1[C@H](OC)[C@@H](C)C(=O)N[C@@H](Cc1ccccc1)C(=O)N(C)Cc1ccc(NC(=O)[C@H](CCCCNC(N)=O)NC(=O)[C@@H](NC(=O)CCC(=O)N2CCC(C(=O)Oc3c(F)c(F)c(F)c(F)c3F)CC2)C(C)C)cc1)OC)N(C)C(=O)[C@@H](NC(=O)[C@H](C(C)C)N(C)C)C(C)C. The molecule has 0 spiro atoms.